The summed E-state index contributed by atoms with van der Waals surface area (Å²) < 4.78 is 1.80. The first-order valence-electron chi connectivity index (χ1n) is 12.2. The Morgan fingerprint density at radius 3 is 2.43 bits per heavy atom. The van der Waals surface area contributed by atoms with Crippen LogP contribution in [0.25, 0.3) is 16.6 Å². The van der Waals surface area contributed by atoms with E-state index >= 15 is 0 Å². The van der Waals surface area contributed by atoms with Gasteiger partial charge in [-0.2, -0.15) is 5.10 Å². The molecule has 1 fully saturated rings. The lowest BCUT2D eigenvalue weighted by Crippen LogP contribution is -2.45. The van der Waals surface area contributed by atoms with E-state index in [0.29, 0.717) is 22.1 Å². The predicted molar refractivity (Wildman–Crippen MR) is 147 cm³/mol. The van der Waals surface area contributed by atoms with Gasteiger partial charge in [0, 0.05) is 16.5 Å². The zero-order valence-corrected chi connectivity index (χ0v) is 21.5. The highest BCUT2D eigenvalue weighted by Gasteiger charge is 2.32. The van der Waals surface area contributed by atoms with Crippen LogP contribution in [0.4, 0.5) is 16.3 Å². The number of anilines is 2. The van der Waals surface area contributed by atoms with Crippen LogP contribution in [-0.4, -0.2) is 32.9 Å². The number of carbonyl (C=O) groups excluding carboxylic acids is 1. The average Bonchev–Trinajstić information content (AvgIpc) is 3.26. The van der Waals surface area contributed by atoms with Crippen molar-refractivity contribution >= 4 is 57.6 Å². The maximum atomic E-state index is 14.0. The fourth-order valence-electron chi connectivity index (χ4n) is 4.91. The number of hydrogen-bond acceptors (Lipinski definition) is 3. The van der Waals surface area contributed by atoms with Crippen LogP contribution in [0.15, 0.2) is 66.7 Å². The number of rotatable bonds is 6. The molecular weight excluding hydrogens is 511 g/mol. The van der Waals surface area contributed by atoms with Crippen molar-refractivity contribution in [2.45, 2.75) is 44.6 Å². The van der Waals surface area contributed by atoms with Crippen LogP contribution in [0.5, 0.6) is 0 Å². The molecule has 190 valence electrons. The van der Waals surface area contributed by atoms with Gasteiger partial charge in [-0.05, 0) is 66.9 Å². The molecule has 9 heteroatoms. The summed E-state index contributed by atoms with van der Waals surface area (Å²) in [6.45, 7) is 0. The fourth-order valence-corrected chi connectivity index (χ4v) is 5.28. The number of carbonyl (C=O) groups is 2. The second-order valence-corrected chi connectivity index (χ2v) is 10.0. The van der Waals surface area contributed by atoms with Crippen molar-refractivity contribution in [2.24, 2.45) is 0 Å². The molecule has 5 rings (SSSR count). The maximum Gasteiger partial charge on any atom is 0.327 e. The van der Waals surface area contributed by atoms with Crippen molar-refractivity contribution in [3.05, 3.63) is 82.3 Å². The normalized spacial score (nSPS) is 14.0. The van der Waals surface area contributed by atoms with Crippen LogP contribution in [0.3, 0.4) is 0 Å². The number of fused-ring (bicyclic) bond motifs is 1. The Morgan fingerprint density at radius 1 is 1.00 bits per heavy atom. The fraction of sp³-hybridized carbons (Fsp3) is 0.250. The van der Waals surface area contributed by atoms with Crippen LogP contribution in [0, 0.1) is 0 Å². The van der Waals surface area contributed by atoms with E-state index < -0.39 is 5.97 Å². The highest BCUT2D eigenvalue weighted by atomic mass is 35.5. The molecule has 1 heterocycles. The van der Waals surface area contributed by atoms with Crippen molar-refractivity contribution in [3.8, 4) is 5.69 Å². The largest absolute Gasteiger partial charge is 0.481 e. The lowest BCUT2D eigenvalue weighted by Gasteiger charge is -2.34. The van der Waals surface area contributed by atoms with Crippen molar-refractivity contribution < 1.29 is 14.7 Å². The first kappa shape index (κ1) is 25.1. The molecule has 0 spiro atoms. The van der Waals surface area contributed by atoms with Gasteiger partial charge in [0.2, 0.25) is 0 Å². The van der Waals surface area contributed by atoms with Gasteiger partial charge in [0.15, 0.2) is 0 Å². The molecule has 0 unspecified atom stereocenters. The molecule has 1 aliphatic carbocycles. The maximum absolute atomic E-state index is 14.0. The van der Waals surface area contributed by atoms with E-state index in [1.54, 1.807) is 35.0 Å². The summed E-state index contributed by atoms with van der Waals surface area (Å²) in [4.78, 5) is 26.9. The summed E-state index contributed by atoms with van der Waals surface area (Å²) in [7, 11) is 0. The number of aromatic nitrogens is 2. The molecule has 0 bridgehead atoms. The van der Waals surface area contributed by atoms with Gasteiger partial charge in [-0.25, -0.2) is 9.48 Å². The van der Waals surface area contributed by atoms with Gasteiger partial charge in [-0.3, -0.25) is 9.69 Å². The van der Waals surface area contributed by atoms with E-state index in [0.717, 1.165) is 48.7 Å². The van der Waals surface area contributed by atoms with Crippen molar-refractivity contribution in [3.63, 3.8) is 0 Å². The van der Waals surface area contributed by atoms with Gasteiger partial charge in [0.1, 0.15) is 5.82 Å². The monoisotopic (exact) mass is 536 g/mol. The third-order valence-electron chi connectivity index (χ3n) is 6.64. The van der Waals surface area contributed by atoms with E-state index in [4.69, 9.17) is 33.4 Å². The summed E-state index contributed by atoms with van der Waals surface area (Å²) in [5.74, 6) is -0.264. The number of amides is 2. The Morgan fingerprint density at radius 2 is 1.73 bits per heavy atom. The number of nitrogens with zero attached hydrogens (tertiary/aromatic N) is 3. The van der Waals surface area contributed by atoms with Gasteiger partial charge in [-0.15, -0.1) is 0 Å². The van der Waals surface area contributed by atoms with Gasteiger partial charge in [-0.1, -0.05) is 60.7 Å². The zero-order valence-electron chi connectivity index (χ0n) is 20.0. The summed E-state index contributed by atoms with van der Waals surface area (Å²) in [5.41, 5.74) is 2.55. The predicted octanol–water partition coefficient (Wildman–Crippen LogP) is 7.33. The minimum atomic E-state index is -0.946. The Balaban J connectivity index is 1.59. The molecule has 2 amide bonds. The molecule has 0 radical (unpaired) electrons. The molecule has 0 atom stereocenters. The van der Waals surface area contributed by atoms with Crippen LogP contribution >= 0.6 is 23.2 Å². The molecule has 37 heavy (non-hydrogen) atoms. The molecule has 3 aromatic carbocycles. The van der Waals surface area contributed by atoms with Crippen LogP contribution in [-0.2, 0) is 11.2 Å². The molecular formula is C28H26Cl2N4O3. The Hall–Kier alpha value is -3.55. The number of carboxylic acids is 1. The van der Waals surface area contributed by atoms with Crippen LogP contribution in [0.1, 0.15) is 37.7 Å². The van der Waals surface area contributed by atoms with Crippen molar-refractivity contribution in [2.75, 3.05) is 10.2 Å². The standard InChI is InChI=1S/C28H26Cl2N4O3/c29-19-11-13-21(14-12-19)34-27(22-8-4-5-9-24(22)32-34)33(20-6-2-1-3-7-20)28(37)31-25-15-10-18(16-23(25)30)17-26(35)36/h4-5,8-16,20H,1-3,6-7,17H2,(H,31,37)(H,35,36). The Bertz CT molecular complexity index is 1450. The van der Waals surface area contributed by atoms with E-state index in [1.165, 1.54) is 0 Å². The lowest BCUT2D eigenvalue weighted by atomic mass is 9.94. The van der Waals surface area contributed by atoms with Crippen LogP contribution in [0.2, 0.25) is 10.0 Å². The van der Waals surface area contributed by atoms with E-state index in [1.807, 2.05) is 41.3 Å². The highest BCUT2D eigenvalue weighted by Crippen LogP contribution is 2.36. The second-order valence-electron chi connectivity index (χ2n) is 9.21. The molecule has 1 aliphatic rings. The van der Waals surface area contributed by atoms with E-state index in [2.05, 4.69) is 5.32 Å². The summed E-state index contributed by atoms with van der Waals surface area (Å²) >= 11 is 12.6. The third-order valence-corrected chi connectivity index (χ3v) is 7.21. The summed E-state index contributed by atoms with van der Waals surface area (Å²) in [6, 6.07) is 19.7. The van der Waals surface area contributed by atoms with Crippen LogP contribution < -0.4 is 10.2 Å². The summed E-state index contributed by atoms with van der Waals surface area (Å²) in [6.07, 6.45) is 4.81. The van der Waals surface area contributed by atoms with Gasteiger partial charge in [0.05, 0.1) is 28.3 Å². The molecule has 2 N–H and O–H groups in total. The number of urea groups is 1. The zero-order chi connectivity index (χ0) is 25.9. The Kier molecular flexibility index (Phi) is 7.35. The van der Waals surface area contributed by atoms with Crippen molar-refractivity contribution in [1.82, 2.24) is 9.78 Å². The Labute approximate surface area is 224 Å². The molecule has 0 aliphatic heterocycles. The summed E-state index contributed by atoms with van der Waals surface area (Å²) in [5, 5.41) is 18.7. The topological polar surface area (TPSA) is 87.5 Å². The van der Waals surface area contributed by atoms with Crippen molar-refractivity contribution in [1.29, 1.82) is 0 Å². The van der Waals surface area contributed by atoms with Gasteiger partial charge >= 0.3 is 12.0 Å². The number of benzene rings is 3. The number of nitrogens with one attached hydrogen (secondary N) is 1. The average molecular weight is 537 g/mol. The second kappa shape index (κ2) is 10.8. The molecule has 0 saturated heterocycles. The molecule has 1 aromatic heterocycles. The van der Waals surface area contributed by atoms with E-state index in [-0.39, 0.29) is 23.5 Å². The van der Waals surface area contributed by atoms with E-state index in [9.17, 15) is 9.59 Å². The number of halogens is 2. The number of carboxylic acid groups (broad SMARTS) is 1. The molecule has 4 aromatic rings. The smallest absolute Gasteiger partial charge is 0.327 e. The number of hydrogen-bond donors (Lipinski definition) is 2. The highest BCUT2D eigenvalue weighted by molar-refractivity contribution is 6.34. The first-order chi connectivity index (χ1) is 17.9. The third kappa shape index (κ3) is 5.43. The molecule has 7 nitrogen and oxygen atoms in total. The molecule has 1 saturated carbocycles. The lowest BCUT2D eigenvalue weighted by molar-refractivity contribution is -0.136. The minimum absolute atomic E-state index is 0.0232. The number of aliphatic carboxylic acids is 1. The SMILES string of the molecule is O=C(O)Cc1ccc(NC(=O)N(c2c3ccccc3nn2-c2ccc(Cl)cc2)C2CCCCC2)c(Cl)c1. The first-order valence-corrected chi connectivity index (χ1v) is 13.0. The van der Waals surface area contributed by atoms with Gasteiger partial charge < -0.3 is 10.4 Å². The van der Waals surface area contributed by atoms with Gasteiger partial charge in [0.25, 0.3) is 0 Å². The quantitative estimate of drug-likeness (QED) is 0.270. The minimum Gasteiger partial charge on any atom is -0.481 e.